The van der Waals surface area contributed by atoms with Crippen LogP contribution in [0.2, 0.25) is 0 Å². The van der Waals surface area contributed by atoms with E-state index in [1.54, 1.807) is 4.90 Å². The number of nitrogens with one attached hydrogen (secondary N) is 1. The zero-order valence-corrected chi connectivity index (χ0v) is 15.8. The Balaban J connectivity index is 0.00000338. The number of nitrogens with two attached hydrogens (primary N) is 1. The second kappa shape index (κ2) is 9.83. The number of hydrogen-bond acceptors (Lipinski definition) is 3. The molecular weight excluding hydrogens is 364 g/mol. The van der Waals surface area contributed by atoms with Crippen LogP contribution in [-0.4, -0.2) is 35.8 Å². The molecule has 0 aliphatic carbocycles. The minimum atomic E-state index is -0.832. The Hall–Kier alpha value is -1.73. The highest BCUT2D eigenvalue weighted by atomic mass is 35.5. The van der Waals surface area contributed by atoms with E-state index >= 15 is 0 Å². The van der Waals surface area contributed by atoms with Gasteiger partial charge in [0.05, 0.1) is 12.5 Å². The lowest BCUT2D eigenvalue weighted by Crippen LogP contribution is -2.46. The molecule has 1 aliphatic rings. The highest BCUT2D eigenvalue weighted by Crippen LogP contribution is 2.25. The van der Waals surface area contributed by atoms with Crippen molar-refractivity contribution < 1.29 is 18.4 Å². The van der Waals surface area contributed by atoms with Gasteiger partial charge in [-0.3, -0.25) is 9.59 Å². The van der Waals surface area contributed by atoms with Crippen molar-refractivity contribution in [3.8, 4) is 0 Å². The van der Waals surface area contributed by atoms with Gasteiger partial charge in [0.15, 0.2) is 0 Å². The fourth-order valence-electron chi connectivity index (χ4n) is 3.24. The number of nitrogens with zero attached hydrogens (tertiary/aromatic N) is 1. The summed E-state index contributed by atoms with van der Waals surface area (Å²) in [6, 6.07) is 2.30. The first-order chi connectivity index (χ1) is 11.8. The number of halogens is 3. The van der Waals surface area contributed by atoms with E-state index < -0.39 is 17.7 Å². The Bertz CT molecular complexity index is 643. The summed E-state index contributed by atoms with van der Waals surface area (Å²) in [7, 11) is 0. The molecule has 1 aromatic carbocycles. The van der Waals surface area contributed by atoms with Gasteiger partial charge in [0.25, 0.3) is 0 Å². The van der Waals surface area contributed by atoms with E-state index in [2.05, 4.69) is 5.32 Å². The van der Waals surface area contributed by atoms with Crippen molar-refractivity contribution in [3.63, 3.8) is 0 Å². The topological polar surface area (TPSA) is 75.4 Å². The minimum absolute atomic E-state index is 0. The standard InChI is InChI=1S/C18H25F2N3O2.ClH/c1-11(21)13-4-3-7-23(10-13)18(25)9-17(22-12(2)24)15-6-5-14(19)8-16(15)20;/h5-6,8,11,13,17H,3-4,7,9-10,21H2,1-2H3,(H,22,24);1H. The third kappa shape index (κ3) is 5.92. The molecule has 1 fully saturated rings. The number of carbonyl (C=O) groups is 2. The van der Waals surface area contributed by atoms with E-state index in [0.29, 0.717) is 13.1 Å². The number of likely N-dealkylation sites (tertiary alicyclic amines) is 1. The molecule has 5 nitrogen and oxygen atoms in total. The Labute approximate surface area is 158 Å². The summed E-state index contributed by atoms with van der Waals surface area (Å²) in [5.74, 6) is -1.80. The second-order valence-electron chi connectivity index (χ2n) is 6.72. The van der Waals surface area contributed by atoms with Crippen molar-refractivity contribution in [1.82, 2.24) is 10.2 Å². The van der Waals surface area contributed by atoms with E-state index in [-0.39, 0.29) is 48.2 Å². The van der Waals surface area contributed by atoms with Gasteiger partial charge in [0.2, 0.25) is 11.8 Å². The number of rotatable bonds is 5. The van der Waals surface area contributed by atoms with E-state index in [1.807, 2.05) is 6.92 Å². The molecule has 0 aromatic heterocycles. The zero-order valence-electron chi connectivity index (χ0n) is 15.0. The molecule has 8 heteroatoms. The summed E-state index contributed by atoms with van der Waals surface area (Å²) in [4.78, 5) is 25.8. The van der Waals surface area contributed by atoms with Crippen LogP contribution in [0, 0.1) is 17.6 Å². The van der Waals surface area contributed by atoms with E-state index in [4.69, 9.17) is 5.73 Å². The largest absolute Gasteiger partial charge is 0.349 e. The lowest BCUT2D eigenvalue weighted by atomic mass is 9.91. The third-order valence-electron chi connectivity index (χ3n) is 4.65. The summed E-state index contributed by atoms with van der Waals surface area (Å²) in [5.41, 5.74) is 6.04. The van der Waals surface area contributed by atoms with Crippen LogP contribution in [0.25, 0.3) is 0 Å². The van der Waals surface area contributed by atoms with Crippen molar-refractivity contribution >= 4 is 24.2 Å². The molecule has 0 radical (unpaired) electrons. The predicted octanol–water partition coefficient (Wildman–Crippen LogP) is 2.54. The fraction of sp³-hybridized carbons (Fsp3) is 0.556. The highest BCUT2D eigenvalue weighted by Gasteiger charge is 2.28. The highest BCUT2D eigenvalue weighted by molar-refractivity contribution is 5.85. The molecule has 1 aromatic rings. The summed E-state index contributed by atoms with van der Waals surface area (Å²) < 4.78 is 27.2. The predicted molar refractivity (Wildman–Crippen MR) is 97.7 cm³/mol. The molecule has 0 bridgehead atoms. The maximum atomic E-state index is 14.1. The normalized spacial score (nSPS) is 19.3. The Morgan fingerprint density at radius 2 is 2.08 bits per heavy atom. The molecule has 2 rings (SSSR count). The van der Waals surface area contributed by atoms with Crippen LogP contribution in [-0.2, 0) is 9.59 Å². The molecule has 3 unspecified atom stereocenters. The van der Waals surface area contributed by atoms with Gasteiger partial charge in [-0.2, -0.15) is 0 Å². The maximum Gasteiger partial charge on any atom is 0.225 e. The van der Waals surface area contributed by atoms with Crippen LogP contribution in [0.1, 0.15) is 44.7 Å². The molecule has 1 aliphatic heterocycles. The van der Waals surface area contributed by atoms with Crippen LogP contribution < -0.4 is 11.1 Å². The third-order valence-corrected chi connectivity index (χ3v) is 4.65. The van der Waals surface area contributed by atoms with Crippen molar-refractivity contribution in [3.05, 3.63) is 35.4 Å². The summed E-state index contributed by atoms with van der Waals surface area (Å²) in [6.45, 7) is 4.41. The minimum Gasteiger partial charge on any atom is -0.349 e. The van der Waals surface area contributed by atoms with Gasteiger partial charge >= 0.3 is 0 Å². The van der Waals surface area contributed by atoms with Crippen molar-refractivity contribution in [2.24, 2.45) is 11.7 Å². The van der Waals surface area contributed by atoms with Crippen molar-refractivity contribution in [2.45, 2.75) is 45.2 Å². The zero-order chi connectivity index (χ0) is 18.6. The van der Waals surface area contributed by atoms with E-state index in [9.17, 15) is 18.4 Å². The molecule has 0 saturated carbocycles. The Morgan fingerprint density at radius 1 is 1.38 bits per heavy atom. The van der Waals surface area contributed by atoms with Crippen LogP contribution in [0.15, 0.2) is 18.2 Å². The van der Waals surface area contributed by atoms with Crippen LogP contribution in [0.5, 0.6) is 0 Å². The Kier molecular flexibility index (Phi) is 8.43. The van der Waals surface area contributed by atoms with Gasteiger partial charge in [-0.15, -0.1) is 12.4 Å². The quantitative estimate of drug-likeness (QED) is 0.812. The van der Waals surface area contributed by atoms with Crippen LogP contribution in [0.4, 0.5) is 8.78 Å². The van der Waals surface area contributed by atoms with Gasteiger partial charge in [-0.1, -0.05) is 6.07 Å². The first kappa shape index (κ1) is 22.3. The van der Waals surface area contributed by atoms with Gasteiger partial charge in [0, 0.05) is 37.7 Å². The van der Waals surface area contributed by atoms with Crippen molar-refractivity contribution in [1.29, 1.82) is 0 Å². The van der Waals surface area contributed by atoms with Crippen LogP contribution in [0.3, 0.4) is 0 Å². The summed E-state index contributed by atoms with van der Waals surface area (Å²) >= 11 is 0. The number of piperidine rings is 1. The van der Waals surface area contributed by atoms with E-state index in [1.165, 1.54) is 13.0 Å². The average Bonchev–Trinajstić information content (AvgIpc) is 2.54. The smallest absolute Gasteiger partial charge is 0.225 e. The van der Waals surface area contributed by atoms with Gasteiger partial charge in [-0.05, 0) is 31.7 Å². The molecule has 3 atom stereocenters. The summed E-state index contributed by atoms with van der Waals surface area (Å²) in [6.07, 6.45) is 1.77. The molecule has 2 amide bonds. The second-order valence-corrected chi connectivity index (χ2v) is 6.72. The maximum absolute atomic E-state index is 14.1. The number of amides is 2. The number of benzene rings is 1. The molecule has 3 N–H and O–H groups in total. The van der Waals surface area contributed by atoms with E-state index in [0.717, 1.165) is 25.0 Å². The molecule has 26 heavy (non-hydrogen) atoms. The first-order valence-corrected chi connectivity index (χ1v) is 8.53. The lowest BCUT2D eigenvalue weighted by Gasteiger charge is -2.35. The number of carbonyl (C=O) groups excluding carboxylic acids is 2. The molecule has 146 valence electrons. The fourth-order valence-corrected chi connectivity index (χ4v) is 3.24. The molecule has 1 heterocycles. The molecular formula is C18H26ClF2N3O2. The molecule has 0 spiro atoms. The van der Waals surface area contributed by atoms with Gasteiger partial charge in [0.1, 0.15) is 11.6 Å². The van der Waals surface area contributed by atoms with Gasteiger partial charge in [-0.25, -0.2) is 8.78 Å². The first-order valence-electron chi connectivity index (χ1n) is 8.53. The van der Waals surface area contributed by atoms with Crippen molar-refractivity contribution in [2.75, 3.05) is 13.1 Å². The molecule has 1 saturated heterocycles. The summed E-state index contributed by atoms with van der Waals surface area (Å²) in [5, 5.41) is 2.59. The average molecular weight is 390 g/mol. The lowest BCUT2D eigenvalue weighted by molar-refractivity contribution is -0.134. The Morgan fingerprint density at radius 3 is 2.65 bits per heavy atom. The van der Waals surface area contributed by atoms with Crippen LogP contribution >= 0.6 is 12.4 Å². The van der Waals surface area contributed by atoms with Gasteiger partial charge < -0.3 is 16.0 Å². The number of hydrogen-bond donors (Lipinski definition) is 2. The SMILES string of the molecule is CC(=O)NC(CC(=O)N1CCCC(C(C)N)C1)c1ccc(F)cc1F.Cl. The monoisotopic (exact) mass is 389 g/mol.